The van der Waals surface area contributed by atoms with Crippen molar-refractivity contribution < 1.29 is 9.53 Å². The van der Waals surface area contributed by atoms with E-state index in [1.54, 1.807) is 24.3 Å². The van der Waals surface area contributed by atoms with Crippen molar-refractivity contribution in [2.24, 2.45) is 0 Å². The van der Waals surface area contributed by atoms with E-state index in [-0.39, 0.29) is 17.3 Å². The molecular weight excluding hydrogens is 341 g/mol. The fraction of sp³-hybridized carbons (Fsp3) is 0.0667. The molecule has 0 saturated carbocycles. The van der Waals surface area contributed by atoms with Crippen LogP contribution >= 0.6 is 23.2 Å². The first-order chi connectivity index (χ1) is 11.1. The molecule has 116 valence electrons. The zero-order valence-corrected chi connectivity index (χ0v) is 13.1. The first-order valence-corrected chi connectivity index (χ1v) is 7.26. The lowest BCUT2D eigenvalue weighted by atomic mass is 10.2. The van der Waals surface area contributed by atoms with Gasteiger partial charge in [0.25, 0.3) is 5.56 Å². The van der Waals surface area contributed by atoms with Crippen molar-refractivity contribution >= 4 is 40.1 Å². The lowest BCUT2D eigenvalue weighted by molar-refractivity contribution is 0.0336. The number of nitrogens with zero attached hydrogens (tertiary/aromatic N) is 3. The Morgan fingerprint density at radius 1 is 1.13 bits per heavy atom. The zero-order valence-electron chi connectivity index (χ0n) is 11.6. The Morgan fingerprint density at radius 3 is 2.70 bits per heavy atom. The molecule has 0 aliphatic rings. The lowest BCUT2D eigenvalue weighted by Gasteiger charge is -2.07. The average Bonchev–Trinajstić information content (AvgIpc) is 2.57. The van der Waals surface area contributed by atoms with Gasteiger partial charge in [-0.15, -0.1) is 5.10 Å². The molecule has 0 aliphatic heterocycles. The van der Waals surface area contributed by atoms with Crippen molar-refractivity contribution in [3.05, 3.63) is 68.4 Å². The maximum Gasteiger partial charge on any atom is 0.339 e. The van der Waals surface area contributed by atoms with Crippen molar-refractivity contribution in [3.63, 3.8) is 0 Å². The minimum absolute atomic E-state index is 0.223. The number of ether oxygens (including phenoxy) is 1. The van der Waals surface area contributed by atoms with Gasteiger partial charge in [-0.2, -0.15) is 4.68 Å². The summed E-state index contributed by atoms with van der Waals surface area (Å²) in [5.41, 5.74) is 0.309. The molecule has 0 amide bonds. The van der Waals surface area contributed by atoms with Crippen molar-refractivity contribution in [1.29, 1.82) is 0 Å². The van der Waals surface area contributed by atoms with Gasteiger partial charge in [-0.3, -0.25) is 4.79 Å². The van der Waals surface area contributed by atoms with Gasteiger partial charge in [0.05, 0.1) is 21.0 Å². The zero-order chi connectivity index (χ0) is 16.4. The van der Waals surface area contributed by atoms with Crippen LogP contribution in [0, 0.1) is 0 Å². The Morgan fingerprint density at radius 2 is 1.91 bits per heavy atom. The van der Waals surface area contributed by atoms with Crippen LogP contribution < -0.4 is 5.56 Å². The molecule has 3 aromatic rings. The summed E-state index contributed by atoms with van der Waals surface area (Å²) in [7, 11) is 0. The van der Waals surface area contributed by atoms with Gasteiger partial charge >= 0.3 is 5.97 Å². The summed E-state index contributed by atoms with van der Waals surface area (Å²) in [5.74, 6) is -0.648. The SMILES string of the molecule is O=C(OCn1nnc2ccccc2c1=O)c1ccc(Cl)c(Cl)c1. The van der Waals surface area contributed by atoms with E-state index in [2.05, 4.69) is 10.3 Å². The highest BCUT2D eigenvalue weighted by atomic mass is 35.5. The third kappa shape index (κ3) is 3.18. The largest absolute Gasteiger partial charge is 0.439 e. The van der Waals surface area contributed by atoms with Gasteiger partial charge < -0.3 is 4.74 Å². The van der Waals surface area contributed by atoms with Crippen molar-refractivity contribution in [2.75, 3.05) is 0 Å². The van der Waals surface area contributed by atoms with Gasteiger partial charge in [0, 0.05) is 0 Å². The third-order valence-electron chi connectivity index (χ3n) is 3.10. The monoisotopic (exact) mass is 349 g/mol. The minimum atomic E-state index is -0.648. The van der Waals surface area contributed by atoms with Gasteiger partial charge in [0.1, 0.15) is 5.52 Å². The van der Waals surface area contributed by atoms with Crippen LogP contribution in [0.3, 0.4) is 0 Å². The second-order valence-electron chi connectivity index (χ2n) is 4.60. The van der Waals surface area contributed by atoms with Gasteiger partial charge in [0.2, 0.25) is 0 Å². The molecule has 1 heterocycles. The smallest absolute Gasteiger partial charge is 0.339 e. The van der Waals surface area contributed by atoms with E-state index in [0.717, 1.165) is 4.68 Å². The van der Waals surface area contributed by atoms with Crippen LogP contribution in [0.5, 0.6) is 0 Å². The Balaban J connectivity index is 1.80. The average molecular weight is 350 g/mol. The first-order valence-electron chi connectivity index (χ1n) is 6.51. The molecule has 0 saturated heterocycles. The molecule has 0 aliphatic carbocycles. The van der Waals surface area contributed by atoms with E-state index in [4.69, 9.17) is 27.9 Å². The Bertz CT molecular complexity index is 956. The Labute approximate surface area is 140 Å². The van der Waals surface area contributed by atoms with E-state index in [9.17, 15) is 9.59 Å². The molecule has 0 atom stereocenters. The molecule has 0 spiro atoms. The molecule has 8 heteroatoms. The van der Waals surface area contributed by atoms with Crippen LogP contribution in [-0.2, 0) is 11.5 Å². The summed E-state index contributed by atoms with van der Waals surface area (Å²) in [6.45, 7) is -0.351. The number of carbonyl (C=O) groups is 1. The molecule has 2 aromatic carbocycles. The second-order valence-corrected chi connectivity index (χ2v) is 5.42. The van der Waals surface area contributed by atoms with Gasteiger partial charge in [-0.1, -0.05) is 40.5 Å². The van der Waals surface area contributed by atoms with Crippen LogP contribution in [0.1, 0.15) is 10.4 Å². The summed E-state index contributed by atoms with van der Waals surface area (Å²) in [6.07, 6.45) is 0. The van der Waals surface area contributed by atoms with Crippen LogP contribution in [-0.4, -0.2) is 21.0 Å². The quantitative estimate of drug-likeness (QED) is 0.679. The summed E-state index contributed by atoms with van der Waals surface area (Å²) < 4.78 is 6.03. The highest BCUT2D eigenvalue weighted by Crippen LogP contribution is 2.22. The van der Waals surface area contributed by atoms with Gasteiger partial charge in [-0.05, 0) is 30.3 Å². The van der Waals surface area contributed by atoms with Gasteiger partial charge in [0.15, 0.2) is 6.73 Å². The number of esters is 1. The maximum absolute atomic E-state index is 12.2. The number of carbonyl (C=O) groups excluding carboxylic acids is 1. The summed E-state index contributed by atoms with van der Waals surface area (Å²) in [5, 5.41) is 8.60. The number of hydrogen-bond acceptors (Lipinski definition) is 5. The Hall–Kier alpha value is -2.44. The number of benzene rings is 2. The normalized spacial score (nSPS) is 10.7. The molecule has 1 aromatic heterocycles. The highest BCUT2D eigenvalue weighted by Gasteiger charge is 2.11. The minimum Gasteiger partial charge on any atom is -0.439 e. The lowest BCUT2D eigenvalue weighted by Crippen LogP contribution is -2.26. The second kappa shape index (κ2) is 6.36. The molecule has 6 nitrogen and oxygen atoms in total. The Kier molecular flexibility index (Phi) is 4.27. The summed E-state index contributed by atoms with van der Waals surface area (Å²) in [6, 6.07) is 11.1. The molecule has 0 bridgehead atoms. The molecule has 0 unspecified atom stereocenters. The number of rotatable bonds is 3. The number of aromatic nitrogens is 3. The first kappa shape index (κ1) is 15.5. The molecule has 0 fully saturated rings. The predicted octanol–water partition coefficient (Wildman–Crippen LogP) is 2.91. The number of halogens is 2. The van der Waals surface area contributed by atoms with Crippen LogP contribution in [0.4, 0.5) is 0 Å². The van der Waals surface area contributed by atoms with Crippen molar-refractivity contribution in [2.45, 2.75) is 6.73 Å². The third-order valence-corrected chi connectivity index (χ3v) is 3.84. The topological polar surface area (TPSA) is 74.1 Å². The van der Waals surface area contributed by atoms with E-state index >= 15 is 0 Å². The van der Waals surface area contributed by atoms with E-state index in [1.807, 2.05) is 0 Å². The number of hydrogen-bond donors (Lipinski definition) is 0. The highest BCUT2D eigenvalue weighted by molar-refractivity contribution is 6.42. The molecule has 0 N–H and O–H groups in total. The molecule has 3 rings (SSSR count). The van der Waals surface area contributed by atoms with Crippen LogP contribution in [0.15, 0.2) is 47.3 Å². The summed E-state index contributed by atoms with van der Waals surface area (Å²) in [4.78, 5) is 24.2. The maximum atomic E-state index is 12.2. The standard InChI is InChI=1S/C15H9Cl2N3O3/c16-11-6-5-9(7-12(11)17)15(22)23-8-20-14(21)10-3-1-2-4-13(10)18-19-20/h1-7H,8H2. The van der Waals surface area contributed by atoms with Crippen LogP contribution in [0.25, 0.3) is 10.9 Å². The van der Waals surface area contributed by atoms with Crippen molar-refractivity contribution in [3.8, 4) is 0 Å². The van der Waals surface area contributed by atoms with E-state index in [0.29, 0.717) is 15.9 Å². The van der Waals surface area contributed by atoms with Crippen molar-refractivity contribution in [1.82, 2.24) is 15.0 Å². The summed E-state index contributed by atoms with van der Waals surface area (Å²) >= 11 is 11.6. The fourth-order valence-corrected chi connectivity index (χ4v) is 2.23. The molecule has 23 heavy (non-hydrogen) atoms. The molecular formula is C15H9Cl2N3O3. The number of fused-ring (bicyclic) bond motifs is 1. The fourth-order valence-electron chi connectivity index (χ4n) is 1.93. The van der Waals surface area contributed by atoms with Gasteiger partial charge in [-0.25, -0.2) is 4.79 Å². The van der Waals surface area contributed by atoms with Crippen LogP contribution in [0.2, 0.25) is 10.0 Å². The van der Waals surface area contributed by atoms with E-state index in [1.165, 1.54) is 18.2 Å². The predicted molar refractivity (Wildman–Crippen MR) is 85.7 cm³/mol. The van der Waals surface area contributed by atoms with E-state index < -0.39 is 11.5 Å². The molecule has 0 radical (unpaired) electrons.